The summed E-state index contributed by atoms with van der Waals surface area (Å²) in [6.07, 6.45) is 9.81. The van der Waals surface area contributed by atoms with Crippen LogP contribution in [0.15, 0.2) is 70.7 Å². The first kappa shape index (κ1) is 62.0. The van der Waals surface area contributed by atoms with Gasteiger partial charge in [0.25, 0.3) is 5.91 Å². The van der Waals surface area contributed by atoms with Crippen molar-refractivity contribution in [3.63, 3.8) is 0 Å². The maximum Gasteiger partial charge on any atom is 0.252 e. The summed E-state index contributed by atoms with van der Waals surface area (Å²) in [6.45, 7) is 13.8. The molecule has 2 saturated heterocycles. The molecule has 18 nitrogen and oxygen atoms in total. The summed E-state index contributed by atoms with van der Waals surface area (Å²) in [4.78, 5) is 46.1. The maximum atomic E-state index is 16.3. The van der Waals surface area contributed by atoms with Crippen LogP contribution in [0.4, 0.5) is 0 Å². The van der Waals surface area contributed by atoms with Crippen LogP contribution in [0, 0.1) is 26.7 Å². The predicted octanol–water partition coefficient (Wildman–Crippen LogP) is 7.54. The Balaban J connectivity index is 1.05. The molecule has 0 radical (unpaired) electrons. The number of likely N-dealkylation sites (N-methyl/N-ethyl adjacent to an activating group) is 3. The van der Waals surface area contributed by atoms with E-state index in [1.165, 1.54) is 4.31 Å². The lowest BCUT2D eigenvalue weighted by Gasteiger charge is -2.45. The molecule has 2 amide bonds. The van der Waals surface area contributed by atoms with E-state index in [2.05, 4.69) is 38.3 Å². The monoisotopic (exact) mass is 1220 g/mol. The lowest BCUT2D eigenvalue weighted by Crippen LogP contribution is -2.56. The van der Waals surface area contributed by atoms with Crippen LogP contribution in [-0.4, -0.2) is 213 Å². The second-order valence-corrected chi connectivity index (χ2v) is 29.0. The van der Waals surface area contributed by atoms with E-state index in [4.69, 9.17) is 32.7 Å². The normalized spacial score (nSPS) is 25.6. The quantitative estimate of drug-likeness (QED) is 0.0967. The van der Waals surface area contributed by atoms with Crippen LogP contribution in [0.25, 0.3) is 0 Å². The van der Waals surface area contributed by atoms with Crippen molar-refractivity contribution in [2.75, 3.05) is 107 Å². The Morgan fingerprint density at radius 1 is 0.627 bits per heavy atom. The highest BCUT2D eigenvalue weighted by molar-refractivity contribution is 7.89. The van der Waals surface area contributed by atoms with Crippen molar-refractivity contribution in [3.05, 3.63) is 99.0 Å². The number of nitrogens with zero attached hydrogens (tertiary/aromatic N) is 10. The van der Waals surface area contributed by atoms with Gasteiger partial charge >= 0.3 is 0 Å². The van der Waals surface area contributed by atoms with Gasteiger partial charge in [0, 0.05) is 141 Å². The largest absolute Gasteiger partial charge is 0.497 e. The molecule has 2 aromatic carbocycles. The Morgan fingerprint density at radius 2 is 1.12 bits per heavy atom. The van der Waals surface area contributed by atoms with Crippen LogP contribution < -0.4 is 4.74 Å². The molecule has 0 spiro atoms. The number of hydrogen-bond donors (Lipinski definition) is 0. The first-order valence-electron chi connectivity index (χ1n) is 30.1. The molecule has 6 aliphatic rings. The molecule has 4 aromatic rings. The van der Waals surface area contributed by atoms with Gasteiger partial charge in [-0.2, -0.15) is 8.61 Å². The van der Waals surface area contributed by atoms with Crippen molar-refractivity contribution >= 4 is 55.1 Å². The zero-order valence-electron chi connectivity index (χ0n) is 50.0. The van der Waals surface area contributed by atoms with Gasteiger partial charge in [-0.25, -0.2) is 16.8 Å². The van der Waals surface area contributed by atoms with Gasteiger partial charge in [0.1, 0.15) is 16.7 Å². The Hall–Kier alpha value is -4.06. The Morgan fingerprint density at radius 3 is 1.65 bits per heavy atom. The number of ether oxygens (including phenoxy) is 2. The molecule has 4 fully saturated rings. The number of hydrogen-bond acceptors (Lipinski definition) is 12. The van der Waals surface area contributed by atoms with Gasteiger partial charge in [0.2, 0.25) is 26.0 Å². The molecule has 456 valence electrons. The molecule has 2 saturated carbocycles. The van der Waals surface area contributed by atoms with Gasteiger partial charge in [-0.1, -0.05) is 29.3 Å². The van der Waals surface area contributed by atoms with Gasteiger partial charge in [-0.15, -0.1) is 0 Å². The van der Waals surface area contributed by atoms with Crippen LogP contribution in [0.5, 0.6) is 5.75 Å². The topological polar surface area (TPSA) is 157 Å². The highest BCUT2D eigenvalue weighted by Crippen LogP contribution is 2.43. The molecule has 0 bridgehead atoms. The number of rotatable bonds is 18. The number of fused-ring (bicyclic) bond motifs is 2. The van der Waals surface area contributed by atoms with Crippen LogP contribution in [0.1, 0.15) is 104 Å². The number of piperazine rings is 2. The third-order valence-electron chi connectivity index (χ3n) is 19.5. The fraction of sp³-hybridized carbons (Fsp3) is 0.639. The first-order valence-corrected chi connectivity index (χ1v) is 33.7. The number of amides is 2. The van der Waals surface area contributed by atoms with E-state index in [1.54, 1.807) is 56.5 Å². The standard InChI is InChI=1S/C61H88Cl2N10O8S2/c1-42-19-21-51(62)59(56(42)63)83(78,79)73-36-34-71-24-12-18-53(71)55(73)41-81-57(61(75)67(7)46-14-10-16-48(40-46)69-31-27-65(5)28-32-69)50(60(74)66(6)45-13-9-15-47(39-45)68-29-25-64(4)26-30-68)20-22-54-52-17-11-23-70(52)33-35-72(54)82(76,77)58-43(2)37-49(80-8)38-44(58)3/h11-12,17-19,21,23-24,37-38,45-48,50,54-55,57H,9-10,13-16,20,22,25-36,39-41H2,1-8H3/t45-,46-,47-,48-,50?,54?,55?,57?/m1/s1. The molecule has 2 aromatic heterocycles. The molecule has 4 unspecified atom stereocenters. The Kier molecular flexibility index (Phi) is 19.5. The summed E-state index contributed by atoms with van der Waals surface area (Å²) < 4.78 is 81.0. The number of benzene rings is 2. The minimum absolute atomic E-state index is 0.00763. The molecule has 6 heterocycles. The van der Waals surface area contributed by atoms with Gasteiger partial charge in [-0.05, 0) is 158 Å². The van der Waals surface area contributed by atoms with Gasteiger partial charge in [0.15, 0.2) is 0 Å². The van der Waals surface area contributed by atoms with Crippen LogP contribution in [0.3, 0.4) is 0 Å². The third-order valence-corrected chi connectivity index (χ3v) is 24.8. The summed E-state index contributed by atoms with van der Waals surface area (Å²) >= 11 is 13.6. The van der Waals surface area contributed by atoms with E-state index in [-0.39, 0.29) is 82.3 Å². The van der Waals surface area contributed by atoms with Crippen molar-refractivity contribution in [1.82, 2.24) is 47.1 Å². The molecule has 4 aliphatic heterocycles. The fourth-order valence-corrected chi connectivity index (χ4v) is 19.4. The zero-order valence-corrected chi connectivity index (χ0v) is 53.1. The number of carbonyl (C=O) groups is 2. The Bertz CT molecular complexity index is 3160. The second kappa shape index (κ2) is 26.1. The molecule has 8 atom stereocenters. The summed E-state index contributed by atoms with van der Waals surface area (Å²) in [5.74, 6) is -1.16. The SMILES string of the molecule is COc1cc(C)c(S(=O)(=O)N2CCn3cccc3C2CCC(C(=O)N(C)[C@@H]2CCC[C@@H](N3CCN(C)CC3)C2)C(OCC2c3cccn3CCN2S(=O)(=O)c2c(Cl)ccc(C)c2Cl)C(=O)N(C)[C@@H]2CCC[C@@H](N3CCN(C)CC3)C2)c(C)c1. The van der Waals surface area contributed by atoms with E-state index < -0.39 is 44.2 Å². The number of aromatic nitrogens is 2. The number of sulfonamides is 2. The number of halogens is 2. The molecular formula is C61H88Cl2N10O8S2. The van der Waals surface area contributed by atoms with Crippen LogP contribution in [0.2, 0.25) is 10.0 Å². The summed E-state index contributed by atoms with van der Waals surface area (Å²) in [6, 6.07) is 13.0. The molecule has 22 heteroatoms. The predicted molar refractivity (Wildman–Crippen MR) is 324 cm³/mol. The summed E-state index contributed by atoms with van der Waals surface area (Å²) in [5.41, 5.74) is 3.14. The van der Waals surface area contributed by atoms with E-state index in [1.807, 2.05) is 65.1 Å². The Labute approximate surface area is 503 Å². The van der Waals surface area contributed by atoms with Crippen molar-refractivity contribution in [1.29, 1.82) is 0 Å². The van der Waals surface area contributed by atoms with Gasteiger partial charge in [0.05, 0.1) is 46.7 Å². The number of methoxy groups -OCH3 is 1. The van der Waals surface area contributed by atoms with E-state index in [0.29, 0.717) is 47.3 Å². The van der Waals surface area contributed by atoms with E-state index in [9.17, 15) is 0 Å². The summed E-state index contributed by atoms with van der Waals surface area (Å²) in [5, 5.41) is 0.0235. The average molecular weight is 1220 g/mol. The van der Waals surface area contributed by atoms with Crippen molar-refractivity contribution < 1.29 is 35.9 Å². The third kappa shape index (κ3) is 12.9. The number of aryl methyl sites for hydroxylation is 3. The highest BCUT2D eigenvalue weighted by atomic mass is 35.5. The molecule has 2 aliphatic carbocycles. The van der Waals surface area contributed by atoms with E-state index >= 15 is 26.4 Å². The summed E-state index contributed by atoms with van der Waals surface area (Å²) in [7, 11) is 1.03. The van der Waals surface area contributed by atoms with Gasteiger partial charge in [-0.3, -0.25) is 19.4 Å². The van der Waals surface area contributed by atoms with E-state index in [0.717, 1.165) is 109 Å². The molecule has 0 N–H and O–H groups in total. The molecule has 10 rings (SSSR count). The molecular weight excluding hydrogens is 1140 g/mol. The highest BCUT2D eigenvalue weighted by Gasteiger charge is 2.47. The second-order valence-electron chi connectivity index (χ2n) is 24.6. The lowest BCUT2D eigenvalue weighted by atomic mass is 9.85. The fourth-order valence-electron chi connectivity index (χ4n) is 14.6. The number of carbonyl (C=O) groups excluding carboxylic acids is 2. The smallest absolute Gasteiger partial charge is 0.252 e. The van der Waals surface area contributed by atoms with Crippen LogP contribution >= 0.6 is 23.2 Å². The molecule has 83 heavy (non-hydrogen) atoms. The first-order chi connectivity index (χ1) is 39.7. The van der Waals surface area contributed by atoms with Crippen LogP contribution in [-0.2, 0) is 47.5 Å². The average Bonchev–Trinajstić information content (AvgIpc) is 4.22. The van der Waals surface area contributed by atoms with Gasteiger partial charge < -0.3 is 38.2 Å². The lowest BCUT2D eigenvalue weighted by molar-refractivity contribution is -0.160. The van der Waals surface area contributed by atoms with Crippen molar-refractivity contribution in [2.45, 2.75) is 150 Å². The minimum Gasteiger partial charge on any atom is -0.497 e. The minimum atomic E-state index is -4.40. The maximum absolute atomic E-state index is 16.3. The van der Waals surface area contributed by atoms with Crippen molar-refractivity contribution in [2.24, 2.45) is 5.92 Å². The zero-order chi connectivity index (χ0) is 59.1. The van der Waals surface area contributed by atoms with Crippen molar-refractivity contribution in [3.8, 4) is 5.75 Å².